The quantitative estimate of drug-likeness (QED) is 0.355. The van der Waals surface area contributed by atoms with Gasteiger partial charge in [-0.05, 0) is 18.4 Å². The van der Waals surface area contributed by atoms with E-state index in [2.05, 4.69) is 29.5 Å². The number of hydrogen-bond acceptors (Lipinski definition) is 3. The van der Waals surface area contributed by atoms with Crippen molar-refractivity contribution in [2.45, 2.75) is 29.3 Å². The first-order valence-electron chi connectivity index (χ1n) is 5.53. The van der Waals surface area contributed by atoms with Crippen molar-refractivity contribution in [1.29, 1.82) is 0 Å². The van der Waals surface area contributed by atoms with E-state index in [1.165, 1.54) is 6.07 Å². The van der Waals surface area contributed by atoms with Crippen molar-refractivity contribution >= 4 is 28.3 Å². The fraction of sp³-hybridized carbons (Fsp3) is 0.500. The summed E-state index contributed by atoms with van der Waals surface area (Å²) in [4.78, 5) is 10.4. The zero-order chi connectivity index (χ0) is 12.5. The molecule has 0 N–H and O–H groups in total. The molecule has 5 heteroatoms. The molecule has 17 heavy (non-hydrogen) atoms. The number of ether oxygens (including phenoxy) is 1. The largest absolute Gasteiger partial charge is 0.373 e. The summed E-state index contributed by atoms with van der Waals surface area (Å²) in [6.45, 7) is 2.91. The minimum Gasteiger partial charge on any atom is -0.373 e. The first-order valence-corrected chi connectivity index (χ1v) is 6.61. The van der Waals surface area contributed by atoms with Crippen LogP contribution in [0.5, 0.6) is 0 Å². The summed E-state index contributed by atoms with van der Waals surface area (Å²) >= 11 is 2.44. The highest BCUT2D eigenvalue weighted by atomic mass is 127. The average Bonchev–Trinajstić information content (AvgIpc) is 2.28. The Balaban J connectivity index is 2.22. The molecule has 0 saturated carbocycles. The number of benzene rings is 1. The van der Waals surface area contributed by atoms with Crippen molar-refractivity contribution in [2.24, 2.45) is 0 Å². The second-order valence-corrected chi connectivity index (χ2v) is 7.18. The Morgan fingerprint density at radius 1 is 1.59 bits per heavy atom. The van der Waals surface area contributed by atoms with Gasteiger partial charge in [0.1, 0.15) is 0 Å². The lowest BCUT2D eigenvalue weighted by atomic mass is 9.93. The second kappa shape index (κ2) is 4.89. The molecule has 2 unspecified atom stereocenters. The van der Waals surface area contributed by atoms with E-state index in [1.807, 2.05) is 6.07 Å². The van der Waals surface area contributed by atoms with Gasteiger partial charge < -0.3 is 4.74 Å². The molecule has 0 spiro atoms. The van der Waals surface area contributed by atoms with Crippen LogP contribution in [0.25, 0.3) is 0 Å². The van der Waals surface area contributed by atoms with Crippen molar-refractivity contribution in [2.75, 3.05) is 6.61 Å². The smallest absolute Gasteiger partial charge is 0.269 e. The third kappa shape index (κ3) is 3.16. The van der Waals surface area contributed by atoms with E-state index in [9.17, 15) is 10.1 Å². The number of nitro groups is 1. The lowest BCUT2D eigenvalue weighted by Crippen LogP contribution is -2.28. The van der Waals surface area contributed by atoms with Crippen molar-refractivity contribution in [3.05, 3.63) is 39.9 Å². The number of rotatable bonds is 2. The van der Waals surface area contributed by atoms with Crippen LogP contribution in [0, 0.1) is 10.1 Å². The standard InChI is InChI=1S/C12H14INO3/c1-12(13)5-6-17-11(8-12)9-3-2-4-10(7-9)14(15)16/h2-4,7,11H,5-6,8H2,1H3. The van der Waals surface area contributed by atoms with Crippen LogP contribution in [0.4, 0.5) is 5.69 Å². The fourth-order valence-corrected chi connectivity index (χ4v) is 2.63. The van der Waals surface area contributed by atoms with Crippen LogP contribution >= 0.6 is 22.6 Å². The average molecular weight is 347 g/mol. The van der Waals surface area contributed by atoms with Crippen LogP contribution in [0.15, 0.2) is 24.3 Å². The predicted molar refractivity (Wildman–Crippen MR) is 73.4 cm³/mol. The van der Waals surface area contributed by atoms with Gasteiger partial charge >= 0.3 is 0 Å². The molecule has 0 bridgehead atoms. The highest BCUT2D eigenvalue weighted by molar-refractivity contribution is 14.1. The van der Waals surface area contributed by atoms with Crippen LogP contribution in [0.3, 0.4) is 0 Å². The Morgan fingerprint density at radius 3 is 3.00 bits per heavy atom. The van der Waals surface area contributed by atoms with Gasteiger partial charge in [0.2, 0.25) is 0 Å². The van der Waals surface area contributed by atoms with Gasteiger partial charge in [-0.2, -0.15) is 0 Å². The van der Waals surface area contributed by atoms with E-state index in [0.29, 0.717) is 6.61 Å². The number of nitro benzene ring substituents is 1. The molecular formula is C12H14INO3. The van der Waals surface area contributed by atoms with Crippen molar-refractivity contribution in [3.8, 4) is 0 Å². The summed E-state index contributed by atoms with van der Waals surface area (Å²) in [5, 5.41) is 10.7. The molecule has 0 amide bonds. The Labute approximate surface area is 114 Å². The molecule has 0 aliphatic carbocycles. The topological polar surface area (TPSA) is 52.4 Å². The third-order valence-corrected chi connectivity index (χ3v) is 3.99. The minimum atomic E-state index is -0.365. The number of hydrogen-bond donors (Lipinski definition) is 0. The van der Waals surface area contributed by atoms with Gasteiger partial charge in [0.25, 0.3) is 5.69 Å². The van der Waals surface area contributed by atoms with Gasteiger partial charge in [0.05, 0.1) is 11.0 Å². The Morgan fingerprint density at radius 2 is 2.35 bits per heavy atom. The first kappa shape index (κ1) is 12.8. The Kier molecular flexibility index (Phi) is 3.67. The van der Waals surface area contributed by atoms with E-state index in [1.54, 1.807) is 12.1 Å². The summed E-state index contributed by atoms with van der Waals surface area (Å²) in [7, 11) is 0. The number of halogens is 1. The Hall–Kier alpha value is -0.690. The van der Waals surface area contributed by atoms with Crippen LogP contribution in [-0.4, -0.2) is 15.0 Å². The van der Waals surface area contributed by atoms with Crippen molar-refractivity contribution in [3.63, 3.8) is 0 Å². The third-order valence-electron chi connectivity index (χ3n) is 3.01. The maximum absolute atomic E-state index is 10.7. The monoisotopic (exact) mass is 347 g/mol. The molecule has 1 aliphatic rings. The maximum atomic E-state index is 10.7. The maximum Gasteiger partial charge on any atom is 0.269 e. The van der Waals surface area contributed by atoms with Gasteiger partial charge in [-0.3, -0.25) is 10.1 Å². The predicted octanol–water partition coefficient (Wildman–Crippen LogP) is 3.64. The molecule has 92 valence electrons. The summed E-state index contributed by atoms with van der Waals surface area (Å²) in [6.07, 6.45) is 1.90. The summed E-state index contributed by atoms with van der Waals surface area (Å²) in [6, 6.07) is 6.74. The minimum absolute atomic E-state index is 0.0226. The Bertz CT molecular complexity index is 434. The van der Waals surface area contributed by atoms with Crippen LogP contribution in [0.2, 0.25) is 0 Å². The normalized spacial score (nSPS) is 28.9. The molecule has 0 radical (unpaired) electrons. The fourth-order valence-electron chi connectivity index (χ4n) is 2.01. The van der Waals surface area contributed by atoms with Gasteiger partial charge in [0, 0.05) is 22.2 Å². The van der Waals surface area contributed by atoms with E-state index in [0.717, 1.165) is 18.4 Å². The molecular weight excluding hydrogens is 333 g/mol. The van der Waals surface area contributed by atoms with Crippen LogP contribution in [-0.2, 0) is 4.74 Å². The van der Waals surface area contributed by atoms with Crippen molar-refractivity contribution < 1.29 is 9.66 Å². The lowest BCUT2D eigenvalue weighted by molar-refractivity contribution is -0.385. The summed E-state index contributed by atoms with van der Waals surface area (Å²) in [5.74, 6) is 0. The molecule has 2 rings (SSSR count). The number of alkyl halides is 1. The summed E-state index contributed by atoms with van der Waals surface area (Å²) < 4.78 is 5.92. The lowest BCUT2D eigenvalue weighted by Gasteiger charge is -2.34. The number of nitrogens with zero attached hydrogens (tertiary/aromatic N) is 1. The molecule has 1 aromatic rings. The molecule has 2 atom stereocenters. The van der Waals surface area contributed by atoms with Gasteiger partial charge in [-0.25, -0.2) is 0 Å². The number of non-ortho nitro benzene ring substituents is 1. The highest BCUT2D eigenvalue weighted by Gasteiger charge is 2.31. The van der Waals surface area contributed by atoms with Gasteiger partial charge in [-0.15, -0.1) is 0 Å². The highest BCUT2D eigenvalue weighted by Crippen LogP contribution is 2.40. The SMILES string of the molecule is CC1(I)CCOC(c2cccc([N+](=O)[O-])c2)C1. The van der Waals surface area contributed by atoms with Gasteiger partial charge in [0.15, 0.2) is 0 Å². The summed E-state index contributed by atoms with van der Waals surface area (Å²) in [5.41, 5.74) is 1.04. The molecule has 4 nitrogen and oxygen atoms in total. The molecule has 1 aliphatic heterocycles. The zero-order valence-electron chi connectivity index (χ0n) is 9.56. The van der Waals surface area contributed by atoms with Gasteiger partial charge in [-0.1, -0.05) is 41.6 Å². The zero-order valence-corrected chi connectivity index (χ0v) is 11.7. The first-order chi connectivity index (χ1) is 7.98. The van der Waals surface area contributed by atoms with E-state index >= 15 is 0 Å². The van der Waals surface area contributed by atoms with Crippen molar-refractivity contribution in [1.82, 2.24) is 0 Å². The van der Waals surface area contributed by atoms with E-state index in [-0.39, 0.29) is 20.1 Å². The molecule has 0 aromatic heterocycles. The van der Waals surface area contributed by atoms with Crippen LogP contribution < -0.4 is 0 Å². The van der Waals surface area contributed by atoms with E-state index in [4.69, 9.17) is 4.74 Å². The van der Waals surface area contributed by atoms with Crippen LogP contribution in [0.1, 0.15) is 31.4 Å². The molecule has 1 aromatic carbocycles. The molecule has 1 heterocycles. The van der Waals surface area contributed by atoms with E-state index < -0.39 is 0 Å². The second-order valence-electron chi connectivity index (χ2n) is 4.58. The molecule has 1 saturated heterocycles. The molecule has 1 fully saturated rings.